The van der Waals surface area contributed by atoms with Gasteiger partial charge in [-0.15, -0.1) is 8.79 Å². The Kier molecular flexibility index (Phi) is 7.29. The summed E-state index contributed by atoms with van der Waals surface area (Å²) in [5.41, 5.74) is 0. The van der Waals surface area contributed by atoms with E-state index in [2.05, 4.69) is 150 Å². The summed E-state index contributed by atoms with van der Waals surface area (Å²) in [5, 5.41) is 4.91. The minimum absolute atomic E-state index is 1.16. The topological polar surface area (TPSA) is 18.5 Å². The smallest absolute Gasteiger partial charge is 0.349 e. The third kappa shape index (κ3) is 5.35. The maximum Gasteiger partial charge on any atom is 0.349 e. The van der Waals surface area contributed by atoms with Crippen LogP contribution < -0.4 is 20.7 Å². The lowest BCUT2D eigenvalue weighted by Crippen LogP contribution is -2.70. The van der Waals surface area contributed by atoms with E-state index in [-0.39, 0.29) is 0 Å². The molecule has 0 aliphatic heterocycles. The normalized spacial score (nSPS) is 15.4. The van der Waals surface area contributed by atoms with Gasteiger partial charge >= 0.3 is 8.56 Å². The van der Waals surface area contributed by atoms with Crippen molar-refractivity contribution in [2.75, 3.05) is 0 Å². The molecule has 3 unspecified atom stereocenters. The molecule has 0 heterocycles. The quantitative estimate of drug-likeness (QED) is 0.265. The van der Waals surface area contributed by atoms with Gasteiger partial charge in [-0.05, 0) is 40.4 Å². The molecule has 0 bridgehead atoms. The minimum atomic E-state index is -2.84. The van der Waals surface area contributed by atoms with Crippen LogP contribution in [0.25, 0.3) is 0 Å². The van der Waals surface area contributed by atoms with Crippen molar-refractivity contribution in [2.45, 2.75) is 19.6 Å². The van der Waals surface area contributed by atoms with Gasteiger partial charge in [-0.3, -0.25) is 0 Å². The van der Waals surface area contributed by atoms with E-state index in [0.29, 0.717) is 0 Å². The molecule has 0 aliphatic rings. The van der Waals surface area contributed by atoms with Crippen LogP contribution in [0.15, 0.2) is 121 Å². The average Bonchev–Trinajstić information content (AvgIpc) is 2.86. The summed E-state index contributed by atoms with van der Waals surface area (Å²) >= 11 is 0. The maximum atomic E-state index is 7.42. The Morgan fingerprint density at radius 2 is 0.788 bits per heavy atom. The highest BCUT2D eigenvalue weighted by Crippen LogP contribution is 2.25. The molecule has 0 N–H and O–H groups in total. The molecule has 4 aromatic rings. The molecule has 4 rings (SSSR count). The lowest BCUT2D eigenvalue weighted by Gasteiger charge is -2.42. The van der Waals surface area contributed by atoms with Crippen molar-refractivity contribution in [3.63, 3.8) is 0 Å². The van der Waals surface area contributed by atoms with Crippen LogP contribution in [0, 0.1) is 0 Å². The molecule has 0 fully saturated rings. The number of hydrogen-bond acceptors (Lipinski definition) is 2. The van der Waals surface area contributed by atoms with Crippen molar-refractivity contribution in [2.24, 2.45) is 0 Å². The van der Waals surface area contributed by atoms with Crippen molar-refractivity contribution < 1.29 is 8.23 Å². The third-order valence-corrected chi connectivity index (χ3v) is 20.3. The summed E-state index contributed by atoms with van der Waals surface area (Å²) in [7, 11) is -4.68. The molecule has 0 saturated heterocycles. The van der Waals surface area contributed by atoms with Crippen LogP contribution in [-0.4, -0.2) is 24.9 Å². The standard InChI is InChI=1S/C27H31O2PSi3/c1-31(24-16-8-4-9-17-24,25-18-10-5-11-19-25)28-32(2,26-20-12-6-13-21-26)29-33(3,30)27-22-14-7-15-23-27/h4-23H,30H2,1-3H3. The fourth-order valence-electron chi connectivity index (χ4n) is 4.30. The van der Waals surface area contributed by atoms with E-state index in [4.69, 9.17) is 8.23 Å². The fraction of sp³-hybridized carbons (Fsp3) is 0.111. The van der Waals surface area contributed by atoms with E-state index in [1.54, 1.807) is 0 Å². The zero-order valence-electron chi connectivity index (χ0n) is 19.4. The van der Waals surface area contributed by atoms with E-state index in [9.17, 15) is 0 Å². The molecular formula is C27H31O2PSi3. The predicted octanol–water partition coefficient (Wildman–Crippen LogP) is 4.24. The zero-order chi connectivity index (χ0) is 23.4. The summed E-state index contributed by atoms with van der Waals surface area (Å²) in [6, 6.07) is 42.5. The van der Waals surface area contributed by atoms with Gasteiger partial charge in [-0.2, -0.15) is 0 Å². The van der Waals surface area contributed by atoms with Crippen LogP contribution >= 0.6 is 8.79 Å². The Hall–Kier alpha value is -2.12. The predicted molar refractivity (Wildman–Crippen MR) is 151 cm³/mol. The first kappa shape index (κ1) is 24.0. The minimum Gasteiger partial charge on any atom is -0.426 e. The van der Waals surface area contributed by atoms with Gasteiger partial charge in [0.05, 0.1) is 0 Å². The Bertz CT molecular complexity index is 1120. The summed E-state index contributed by atoms with van der Waals surface area (Å²) in [4.78, 5) is 0. The second kappa shape index (κ2) is 10.0. The van der Waals surface area contributed by atoms with Gasteiger partial charge in [0.15, 0.2) is 0 Å². The van der Waals surface area contributed by atoms with Crippen LogP contribution in [0.2, 0.25) is 19.6 Å². The number of benzene rings is 4. The van der Waals surface area contributed by atoms with Gasteiger partial charge in [0.1, 0.15) is 0 Å². The maximum absolute atomic E-state index is 7.42. The van der Waals surface area contributed by atoms with E-state index in [1.165, 1.54) is 15.6 Å². The summed E-state index contributed by atoms with van der Waals surface area (Å²) in [5.74, 6) is 0. The van der Waals surface area contributed by atoms with Crippen LogP contribution in [0.4, 0.5) is 0 Å². The SMILES string of the molecule is C[Si](P)(O[Si](C)(O[Si](C)(c1ccccc1)c1ccccc1)c1ccccc1)c1ccccc1. The molecular weight excluding hydrogens is 472 g/mol. The third-order valence-electron chi connectivity index (χ3n) is 6.10. The van der Waals surface area contributed by atoms with E-state index in [1.807, 2.05) is 0 Å². The fourth-order valence-corrected chi connectivity index (χ4v) is 19.8. The van der Waals surface area contributed by atoms with E-state index in [0.717, 1.165) is 5.19 Å². The first-order chi connectivity index (χ1) is 15.8. The van der Waals surface area contributed by atoms with Crippen LogP contribution in [0.1, 0.15) is 0 Å². The zero-order valence-corrected chi connectivity index (χ0v) is 23.6. The van der Waals surface area contributed by atoms with Crippen LogP contribution in [0.5, 0.6) is 0 Å². The lowest BCUT2D eigenvalue weighted by atomic mass is 10.4. The average molecular weight is 503 g/mol. The molecule has 0 aromatic heterocycles. The molecule has 0 spiro atoms. The van der Waals surface area contributed by atoms with Gasteiger partial charge in [0, 0.05) is 0 Å². The Morgan fingerprint density at radius 3 is 1.18 bits per heavy atom. The van der Waals surface area contributed by atoms with Crippen molar-refractivity contribution in [3.8, 4) is 0 Å². The second-order valence-electron chi connectivity index (χ2n) is 8.75. The molecule has 3 atom stereocenters. The van der Waals surface area contributed by atoms with Gasteiger partial charge in [-0.25, -0.2) is 0 Å². The lowest BCUT2D eigenvalue weighted by molar-refractivity contribution is 0.419. The molecule has 6 heteroatoms. The van der Waals surface area contributed by atoms with Crippen molar-refractivity contribution in [3.05, 3.63) is 121 Å². The van der Waals surface area contributed by atoms with Crippen molar-refractivity contribution >= 4 is 54.4 Å². The molecule has 0 radical (unpaired) electrons. The first-order valence-electron chi connectivity index (χ1n) is 11.2. The molecule has 2 nitrogen and oxygen atoms in total. The highest BCUT2D eigenvalue weighted by molar-refractivity contribution is 7.70. The summed E-state index contributed by atoms with van der Waals surface area (Å²) in [6.07, 6.45) is 0. The molecule has 0 amide bonds. The highest BCUT2D eigenvalue weighted by Gasteiger charge is 2.48. The van der Waals surface area contributed by atoms with Gasteiger partial charge in [-0.1, -0.05) is 121 Å². The van der Waals surface area contributed by atoms with E-state index >= 15 is 0 Å². The number of hydrogen-bond donors (Lipinski definition) is 0. The second-order valence-corrected chi connectivity index (χ2v) is 22.2. The molecule has 168 valence electrons. The Morgan fingerprint density at radius 1 is 0.455 bits per heavy atom. The van der Waals surface area contributed by atoms with Crippen molar-refractivity contribution in [1.82, 2.24) is 0 Å². The molecule has 33 heavy (non-hydrogen) atoms. The number of rotatable bonds is 8. The Labute approximate surface area is 203 Å². The molecule has 4 aromatic carbocycles. The van der Waals surface area contributed by atoms with Crippen molar-refractivity contribution in [1.29, 1.82) is 0 Å². The van der Waals surface area contributed by atoms with Crippen LogP contribution in [-0.2, 0) is 8.23 Å². The van der Waals surface area contributed by atoms with Gasteiger partial charge < -0.3 is 8.23 Å². The van der Waals surface area contributed by atoms with Gasteiger partial charge in [0.2, 0.25) is 16.3 Å². The molecule has 0 saturated carbocycles. The summed E-state index contributed by atoms with van der Waals surface area (Å²) in [6.45, 7) is 6.77. The summed E-state index contributed by atoms with van der Waals surface area (Å²) < 4.78 is 14.6. The molecule has 0 aliphatic carbocycles. The monoisotopic (exact) mass is 502 g/mol. The Balaban J connectivity index is 1.83. The highest BCUT2D eigenvalue weighted by atomic mass is 31.3. The largest absolute Gasteiger partial charge is 0.426 e. The van der Waals surface area contributed by atoms with Gasteiger partial charge in [0.25, 0.3) is 0 Å². The van der Waals surface area contributed by atoms with E-state index < -0.39 is 24.9 Å². The first-order valence-corrected chi connectivity index (χ1v) is 20.2. The van der Waals surface area contributed by atoms with Crippen LogP contribution in [0.3, 0.4) is 0 Å².